The third-order valence-corrected chi connectivity index (χ3v) is 3.24. The maximum atomic E-state index is 11.7. The summed E-state index contributed by atoms with van der Waals surface area (Å²) < 4.78 is 5.06. The van der Waals surface area contributed by atoms with Crippen LogP contribution in [0.4, 0.5) is 5.69 Å². The van der Waals surface area contributed by atoms with Gasteiger partial charge in [-0.2, -0.15) is 0 Å². The summed E-state index contributed by atoms with van der Waals surface area (Å²) in [7, 11) is 0. The average Bonchev–Trinajstić information content (AvgIpc) is 2.86. The molecule has 0 bridgehead atoms. The topological polar surface area (TPSA) is 42.2 Å². The SMILES string of the molecule is O=C(C=Cc1ccco1)Nc1cc(Cl)c(Cl)cc1Cl. The molecule has 1 aromatic heterocycles. The lowest BCUT2D eigenvalue weighted by Gasteiger charge is -2.06. The Hall–Kier alpha value is -1.42. The van der Waals surface area contributed by atoms with Gasteiger partial charge in [-0.1, -0.05) is 34.8 Å². The molecule has 1 heterocycles. The zero-order valence-electron chi connectivity index (χ0n) is 9.49. The van der Waals surface area contributed by atoms with Crippen molar-refractivity contribution in [2.45, 2.75) is 0 Å². The summed E-state index contributed by atoms with van der Waals surface area (Å²) in [4.78, 5) is 11.7. The second-order valence-electron chi connectivity index (χ2n) is 3.58. The van der Waals surface area contributed by atoms with Gasteiger partial charge in [-0.05, 0) is 30.3 Å². The summed E-state index contributed by atoms with van der Waals surface area (Å²) in [6.45, 7) is 0. The van der Waals surface area contributed by atoms with Crippen molar-refractivity contribution >= 4 is 52.5 Å². The molecule has 0 fully saturated rings. The van der Waals surface area contributed by atoms with Gasteiger partial charge < -0.3 is 9.73 Å². The summed E-state index contributed by atoms with van der Waals surface area (Å²) in [5.41, 5.74) is 0.394. The van der Waals surface area contributed by atoms with Crippen LogP contribution in [-0.2, 0) is 4.79 Å². The standard InChI is InChI=1S/C13H8Cl3NO2/c14-9-6-11(16)12(7-10(9)15)17-13(18)4-3-8-2-1-5-19-8/h1-7H,(H,17,18). The first-order valence-corrected chi connectivity index (χ1v) is 6.37. The van der Waals surface area contributed by atoms with Crippen molar-refractivity contribution in [3.8, 4) is 0 Å². The van der Waals surface area contributed by atoms with E-state index in [2.05, 4.69) is 5.32 Å². The van der Waals surface area contributed by atoms with Gasteiger partial charge in [-0.15, -0.1) is 0 Å². The Morgan fingerprint density at radius 1 is 1.16 bits per heavy atom. The van der Waals surface area contributed by atoms with Gasteiger partial charge in [0.2, 0.25) is 5.91 Å². The molecule has 0 unspecified atom stereocenters. The van der Waals surface area contributed by atoms with Crippen LogP contribution < -0.4 is 5.32 Å². The lowest BCUT2D eigenvalue weighted by Crippen LogP contribution is -2.08. The molecule has 0 spiro atoms. The monoisotopic (exact) mass is 315 g/mol. The van der Waals surface area contributed by atoms with E-state index in [0.717, 1.165) is 0 Å². The highest BCUT2D eigenvalue weighted by molar-refractivity contribution is 6.44. The van der Waals surface area contributed by atoms with E-state index in [1.807, 2.05) is 0 Å². The minimum atomic E-state index is -0.350. The van der Waals surface area contributed by atoms with Crippen molar-refractivity contribution in [2.75, 3.05) is 5.32 Å². The molecule has 2 aromatic rings. The minimum absolute atomic E-state index is 0.314. The molecule has 0 radical (unpaired) electrons. The van der Waals surface area contributed by atoms with E-state index < -0.39 is 0 Å². The second kappa shape index (κ2) is 6.15. The third kappa shape index (κ3) is 3.77. The van der Waals surface area contributed by atoms with Crippen molar-refractivity contribution in [2.24, 2.45) is 0 Å². The van der Waals surface area contributed by atoms with E-state index in [1.165, 1.54) is 24.5 Å². The van der Waals surface area contributed by atoms with Crippen molar-refractivity contribution in [1.29, 1.82) is 0 Å². The number of rotatable bonds is 3. The fraction of sp³-hybridized carbons (Fsp3) is 0. The summed E-state index contributed by atoms with van der Waals surface area (Å²) in [6, 6.07) is 6.42. The predicted molar refractivity (Wildman–Crippen MR) is 77.8 cm³/mol. The molecule has 0 atom stereocenters. The number of carbonyl (C=O) groups excluding carboxylic acids is 1. The fourth-order valence-electron chi connectivity index (χ4n) is 1.34. The third-order valence-electron chi connectivity index (χ3n) is 2.21. The Morgan fingerprint density at radius 3 is 2.58 bits per heavy atom. The maximum absolute atomic E-state index is 11.7. The molecule has 1 N–H and O–H groups in total. The van der Waals surface area contributed by atoms with Crippen LogP contribution in [-0.4, -0.2) is 5.91 Å². The van der Waals surface area contributed by atoms with Crippen LogP contribution in [0.3, 0.4) is 0 Å². The molecule has 0 aliphatic carbocycles. The first-order chi connectivity index (χ1) is 9.06. The molecule has 0 aliphatic rings. The van der Waals surface area contributed by atoms with Crippen molar-refractivity contribution in [3.63, 3.8) is 0 Å². The average molecular weight is 317 g/mol. The maximum Gasteiger partial charge on any atom is 0.248 e. The van der Waals surface area contributed by atoms with E-state index in [1.54, 1.807) is 18.2 Å². The molecule has 1 amide bonds. The highest BCUT2D eigenvalue weighted by Crippen LogP contribution is 2.32. The van der Waals surface area contributed by atoms with Crippen LogP contribution in [0.5, 0.6) is 0 Å². The number of benzene rings is 1. The van der Waals surface area contributed by atoms with E-state index in [0.29, 0.717) is 26.5 Å². The van der Waals surface area contributed by atoms with Crippen molar-refractivity contribution < 1.29 is 9.21 Å². The number of carbonyl (C=O) groups is 1. The summed E-state index contributed by atoms with van der Waals surface area (Å²) in [5, 5.41) is 3.56. The van der Waals surface area contributed by atoms with Gasteiger partial charge in [0.1, 0.15) is 5.76 Å². The Morgan fingerprint density at radius 2 is 1.89 bits per heavy atom. The molecule has 6 heteroatoms. The largest absolute Gasteiger partial charge is 0.465 e. The predicted octanol–water partition coefficient (Wildman–Crippen LogP) is 4.89. The quantitative estimate of drug-likeness (QED) is 0.647. The molecule has 3 nitrogen and oxygen atoms in total. The second-order valence-corrected chi connectivity index (χ2v) is 4.81. The van der Waals surface area contributed by atoms with Gasteiger partial charge in [-0.3, -0.25) is 4.79 Å². The molecule has 0 aliphatic heterocycles. The van der Waals surface area contributed by atoms with Gasteiger partial charge in [0.05, 0.1) is 27.0 Å². The molecule has 98 valence electrons. The normalized spacial score (nSPS) is 10.9. The van der Waals surface area contributed by atoms with E-state index in [-0.39, 0.29) is 5.91 Å². The Labute approximate surface area is 124 Å². The highest BCUT2D eigenvalue weighted by atomic mass is 35.5. The van der Waals surface area contributed by atoms with Crippen LogP contribution in [0.2, 0.25) is 15.1 Å². The van der Waals surface area contributed by atoms with Crippen molar-refractivity contribution in [1.82, 2.24) is 0 Å². The number of hydrogen-bond donors (Lipinski definition) is 1. The van der Waals surface area contributed by atoms with Gasteiger partial charge in [0.25, 0.3) is 0 Å². The summed E-state index contributed by atoms with van der Waals surface area (Å²) in [6.07, 6.45) is 4.39. The van der Waals surface area contributed by atoms with Gasteiger partial charge in [0.15, 0.2) is 0 Å². The first-order valence-electron chi connectivity index (χ1n) is 5.23. The number of hydrogen-bond acceptors (Lipinski definition) is 2. The van der Waals surface area contributed by atoms with Crippen LogP contribution in [0.15, 0.2) is 41.0 Å². The van der Waals surface area contributed by atoms with Crippen LogP contribution in [0, 0.1) is 0 Å². The highest BCUT2D eigenvalue weighted by Gasteiger charge is 2.07. The van der Waals surface area contributed by atoms with E-state index >= 15 is 0 Å². The minimum Gasteiger partial charge on any atom is -0.465 e. The van der Waals surface area contributed by atoms with Crippen molar-refractivity contribution in [3.05, 3.63) is 57.4 Å². The Bertz CT molecular complexity index is 621. The molecular formula is C13H8Cl3NO2. The van der Waals surface area contributed by atoms with Crippen LogP contribution >= 0.6 is 34.8 Å². The molecule has 1 aromatic carbocycles. The van der Waals surface area contributed by atoms with E-state index in [4.69, 9.17) is 39.2 Å². The summed E-state index contributed by atoms with van der Waals surface area (Å²) in [5.74, 6) is 0.229. The first kappa shape index (κ1) is 14.0. The van der Waals surface area contributed by atoms with Gasteiger partial charge in [-0.25, -0.2) is 0 Å². The number of amides is 1. The fourth-order valence-corrected chi connectivity index (χ4v) is 1.93. The van der Waals surface area contributed by atoms with Gasteiger partial charge in [0, 0.05) is 6.08 Å². The molecule has 19 heavy (non-hydrogen) atoms. The Balaban J connectivity index is 2.09. The number of halogens is 3. The number of furan rings is 1. The molecule has 0 saturated carbocycles. The van der Waals surface area contributed by atoms with E-state index in [9.17, 15) is 4.79 Å². The number of anilines is 1. The van der Waals surface area contributed by atoms with Crippen LogP contribution in [0.25, 0.3) is 6.08 Å². The zero-order valence-corrected chi connectivity index (χ0v) is 11.8. The smallest absolute Gasteiger partial charge is 0.248 e. The van der Waals surface area contributed by atoms with Gasteiger partial charge >= 0.3 is 0 Å². The van der Waals surface area contributed by atoms with Crippen LogP contribution in [0.1, 0.15) is 5.76 Å². The number of nitrogens with one attached hydrogen (secondary N) is 1. The summed E-state index contributed by atoms with van der Waals surface area (Å²) >= 11 is 17.6. The molecule has 2 rings (SSSR count). The Kier molecular flexibility index (Phi) is 4.53. The lowest BCUT2D eigenvalue weighted by atomic mass is 10.3. The molecular weight excluding hydrogens is 309 g/mol. The lowest BCUT2D eigenvalue weighted by molar-refractivity contribution is -0.111. The molecule has 0 saturated heterocycles. The zero-order chi connectivity index (χ0) is 13.8.